The fourth-order valence-electron chi connectivity index (χ4n) is 2.78. The van der Waals surface area contributed by atoms with Gasteiger partial charge in [-0.05, 0) is 44.0 Å². The van der Waals surface area contributed by atoms with Crippen molar-refractivity contribution in [2.24, 2.45) is 5.92 Å². The van der Waals surface area contributed by atoms with Gasteiger partial charge in [-0.3, -0.25) is 4.90 Å². The van der Waals surface area contributed by atoms with Gasteiger partial charge in [0, 0.05) is 12.6 Å². The topological polar surface area (TPSA) is 32.7 Å². The van der Waals surface area contributed by atoms with Crippen LogP contribution < -0.4 is 4.74 Å². The Kier molecular flexibility index (Phi) is 2.48. The predicted octanol–water partition coefficient (Wildman–Crippen LogP) is 1.87. The molecule has 0 aliphatic carbocycles. The smallest absolute Gasteiger partial charge is 0.123 e. The second-order valence-corrected chi connectivity index (χ2v) is 4.79. The zero-order chi connectivity index (χ0) is 11.0. The molecule has 1 atom stereocenters. The number of phenolic OH excluding ortho intramolecular Hbond substituents is 1. The number of hydrogen-bond acceptors (Lipinski definition) is 3. The summed E-state index contributed by atoms with van der Waals surface area (Å²) in [5.41, 5.74) is 0. The molecular formula is C13H17NO2. The summed E-state index contributed by atoms with van der Waals surface area (Å²) >= 11 is 0. The summed E-state index contributed by atoms with van der Waals surface area (Å²) in [5.74, 6) is 1.77. The largest absolute Gasteiger partial charge is 0.508 e. The molecule has 3 nitrogen and oxygen atoms in total. The van der Waals surface area contributed by atoms with E-state index in [9.17, 15) is 5.11 Å². The average Bonchev–Trinajstić information content (AvgIpc) is 2.30. The van der Waals surface area contributed by atoms with E-state index in [2.05, 4.69) is 4.90 Å². The molecule has 0 amide bonds. The Morgan fingerprint density at radius 3 is 2.69 bits per heavy atom. The van der Waals surface area contributed by atoms with Crippen LogP contribution in [0.2, 0.25) is 0 Å². The minimum Gasteiger partial charge on any atom is -0.508 e. The van der Waals surface area contributed by atoms with Crippen LogP contribution in [0.3, 0.4) is 0 Å². The molecule has 0 spiro atoms. The van der Waals surface area contributed by atoms with Crippen molar-refractivity contribution in [3.05, 3.63) is 24.3 Å². The number of piperidine rings is 3. The molecule has 4 rings (SSSR count). The number of ether oxygens (including phenoxy) is 1. The number of benzene rings is 1. The van der Waals surface area contributed by atoms with Crippen molar-refractivity contribution in [2.75, 3.05) is 19.6 Å². The highest BCUT2D eigenvalue weighted by atomic mass is 16.5. The minimum atomic E-state index is 0.277. The molecule has 0 unspecified atom stereocenters. The van der Waals surface area contributed by atoms with Gasteiger partial charge in [0.1, 0.15) is 17.6 Å². The normalized spacial score (nSPS) is 32.6. The van der Waals surface area contributed by atoms with Crippen molar-refractivity contribution < 1.29 is 9.84 Å². The molecule has 3 heterocycles. The number of nitrogens with zero attached hydrogens (tertiary/aromatic N) is 1. The van der Waals surface area contributed by atoms with Gasteiger partial charge in [0.15, 0.2) is 0 Å². The fourth-order valence-corrected chi connectivity index (χ4v) is 2.78. The summed E-state index contributed by atoms with van der Waals surface area (Å²) in [5, 5.41) is 9.38. The summed E-state index contributed by atoms with van der Waals surface area (Å²) in [6, 6.07) is 7.10. The van der Waals surface area contributed by atoms with Gasteiger partial charge in [-0.2, -0.15) is 0 Å². The highest BCUT2D eigenvalue weighted by molar-refractivity contribution is 5.32. The second kappa shape index (κ2) is 3.98. The molecule has 16 heavy (non-hydrogen) atoms. The van der Waals surface area contributed by atoms with Crippen molar-refractivity contribution in [3.8, 4) is 11.5 Å². The van der Waals surface area contributed by atoms with Crippen LogP contribution in [0.4, 0.5) is 0 Å². The van der Waals surface area contributed by atoms with Gasteiger partial charge in [0.05, 0.1) is 0 Å². The summed E-state index contributed by atoms with van der Waals surface area (Å²) in [6.07, 6.45) is 2.82. The number of rotatable bonds is 2. The zero-order valence-corrected chi connectivity index (χ0v) is 9.30. The number of aromatic hydroxyl groups is 1. The van der Waals surface area contributed by atoms with Gasteiger partial charge in [0.2, 0.25) is 0 Å². The Morgan fingerprint density at radius 2 is 2.06 bits per heavy atom. The van der Waals surface area contributed by atoms with Crippen molar-refractivity contribution >= 4 is 0 Å². The van der Waals surface area contributed by atoms with Crippen LogP contribution in [0.15, 0.2) is 24.3 Å². The Bertz CT molecular complexity index is 372. The molecule has 2 bridgehead atoms. The maximum Gasteiger partial charge on any atom is 0.123 e. The first kappa shape index (κ1) is 9.97. The lowest BCUT2D eigenvalue weighted by Gasteiger charge is -2.44. The minimum absolute atomic E-state index is 0.277. The number of phenols is 1. The van der Waals surface area contributed by atoms with Crippen LogP contribution in [-0.2, 0) is 0 Å². The van der Waals surface area contributed by atoms with Crippen molar-refractivity contribution in [2.45, 2.75) is 18.9 Å². The monoisotopic (exact) mass is 219 g/mol. The molecule has 86 valence electrons. The van der Waals surface area contributed by atoms with Crippen LogP contribution >= 0.6 is 0 Å². The predicted molar refractivity (Wildman–Crippen MR) is 61.7 cm³/mol. The lowest BCUT2D eigenvalue weighted by Crippen LogP contribution is -2.52. The molecule has 1 N–H and O–H groups in total. The van der Waals surface area contributed by atoms with Crippen molar-refractivity contribution in [1.82, 2.24) is 4.90 Å². The zero-order valence-electron chi connectivity index (χ0n) is 9.30. The lowest BCUT2D eigenvalue weighted by molar-refractivity contribution is -0.00783. The lowest BCUT2D eigenvalue weighted by atomic mass is 9.86. The Morgan fingerprint density at radius 1 is 1.25 bits per heavy atom. The molecule has 3 aliphatic heterocycles. The van der Waals surface area contributed by atoms with E-state index < -0.39 is 0 Å². The third-order valence-corrected chi connectivity index (χ3v) is 3.70. The fraction of sp³-hybridized carbons (Fsp3) is 0.538. The maximum atomic E-state index is 9.38. The second-order valence-electron chi connectivity index (χ2n) is 4.79. The Balaban J connectivity index is 1.71. The molecular weight excluding hydrogens is 202 g/mol. The van der Waals surface area contributed by atoms with Crippen LogP contribution in [-0.4, -0.2) is 35.7 Å². The Hall–Kier alpha value is -1.22. The maximum absolute atomic E-state index is 9.38. The molecule has 3 fully saturated rings. The third-order valence-electron chi connectivity index (χ3n) is 3.70. The van der Waals surface area contributed by atoms with E-state index >= 15 is 0 Å². The molecule has 0 aromatic heterocycles. The van der Waals surface area contributed by atoms with Crippen LogP contribution in [0, 0.1) is 5.92 Å². The van der Waals surface area contributed by atoms with E-state index in [1.807, 2.05) is 12.1 Å². The average molecular weight is 219 g/mol. The first-order chi connectivity index (χ1) is 7.81. The standard InChI is InChI=1S/C13H17NO2/c15-11-2-1-3-12(8-11)16-13-9-14-6-4-10(13)5-7-14/h1-3,8,10,13,15H,4-7,9H2/t13-/m0/s1. The first-order valence-corrected chi connectivity index (χ1v) is 5.99. The molecule has 1 aromatic rings. The van der Waals surface area contributed by atoms with Crippen LogP contribution in [0.25, 0.3) is 0 Å². The molecule has 3 saturated heterocycles. The van der Waals surface area contributed by atoms with E-state index in [0.29, 0.717) is 12.0 Å². The van der Waals surface area contributed by atoms with Crippen molar-refractivity contribution in [3.63, 3.8) is 0 Å². The van der Waals surface area contributed by atoms with E-state index in [4.69, 9.17) is 4.74 Å². The van der Waals surface area contributed by atoms with Crippen molar-refractivity contribution in [1.29, 1.82) is 0 Å². The van der Waals surface area contributed by atoms with Gasteiger partial charge in [0.25, 0.3) is 0 Å². The summed E-state index contributed by atoms with van der Waals surface area (Å²) in [7, 11) is 0. The van der Waals surface area contributed by atoms with Crippen LogP contribution in [0.5, 0.6) is 11.5 Å². The quantitative estimate of drug-likeness (QED) is 0.824. The number of hydrogen-bond donors (Lipinski definition) is 1. The van der Waals surface area contributed by atoms with E-state index in [-0.39, 0.29) is 5.75 Å². The highest BCUT2D eigenvalue weighted by Crippen LogP contribution is 2.31. The van der Waals surface area contributed by atoms with Gasteiger partial charge in [-0.15, -0.1) is 0 Å². The van der Waals surface area contributed by atoms with Gasteiger partial charge >= 0.3 is 0 Å². The van der Waals surface area contributed by atoms with E-state index in [1.54, 1.807) is 12.1 Å². The SMILES string of the molecule is Oc1cccc(O[C@H]2CN3CCC2CC3)c1. The Labute approximate surface area is 95.6 Å². The summed E-state index contributed by atoms with van der Waals surface area (Å²) < 4.78 is 5.97. The molecule has 3 aliphatic rings. The van der Waals surface area contributed by atoms with Gasteiger partial charge in [-0.1, -0.05) is 6.07 Å². The first-order valence-electron chi connectivity index (χ1n) is 5.99. The van der Waals surface area contributed by atoms with Gasteiger partial charge in [-0.25, -0.2) is 0 Å². The third kappa shape index (κ3) is 1.87. The number of fused-ring (bicyclic) bond motifs is 3. The highest BCUT2D eigenvalue weighted by Gasteiger charge is 2.35. The summed E-state index contributed by atoms with van der Waals surface area (Å²) in [6.45, 7) is 3.50. The van der Waals surface area contributed by atoms with E-state index in [1.165, 1.54) is 25.9 Å². The molecule has 0 saturated carbocycles. The summed E-state index contributed by atoms with van der Waals surface area (Å²) in [4.78, 5) is 2.47. The molecule has 1 aromatic carbocycles. The molecule has 3 heteroatoms. The van der Waals surface area contributed by atoms with Crippen LogP contribution in [0.1, 0.15) is 12.8 Å². The van der Waals surface area contributed by atoms with E-state index in [0.717, 1.165) is 12.3 Å². The molecule has 0 radical (unpaired) electrons. The van der Waals surface area contributed by atoms with Gasteiger partial charge < -0.3 is 9.84 Å².